The Morgan fingerprint density at radius 3 is 2.20 bits per heavy atom. The summed E-state index contributed by atoms with van der Waals surface area (Å²) in [5.74, 6) is 1.57. The molecule has 4 N–H and O–H groups in total. The fourth-order valence-corrected chi connectivity index (χ4v) is 1.93. The van der Waals surface area contributed by atoms with Crippen LogP contribution in [0.2, 0.25) is 0 Å². The van der Waals surface area contributed by atoms with E-state index in [-0.39, 0.29) is 5.11 Å². The van der Waals surface area contributed by atoms with E-state index < -0.39 is 0 Å². The van der Waals surface area contributed by atoms with Crippen LogP contribution < -0.4 is 35.8 Å². The molecule has 0 saturated heterocycles. The minimum absolute atomic E-state index is 0.242. The van der Waals surface area contributed by atoms with Crippen molar-refractivity contribution in [2.24, 2.45) is 5.10 Å². The van der Waals surface area contributed by atoms with Gasteiger partial charge in [-0.3, -0.25) is 16.3 Å². The largest absolute Gasteiger partial charge is 0.493 e. The second kappa shape index (κ2) is 11.0. The zero-order valence-corrected chi connectivity index (χ0v) is 15.8. The minimum Gasteiger partial charge on any atom is -0.493 e. The molecule has 8 nitrogen and oxygen atoms in total. The first-order chi connectivity index (χ1) is 12.0. The number of methoxy groups -OCH3 is 3. The molecule has 10 heteroatoms. The van der Waals surface area contributed by atoms with Crippen molar-refractivity contribution in [3.05, 3.63) is 30.4 Å². The monoisotopic (exact) mass is 383 g/mol. The molecule has 0 amide bonds. The number of thiocarbonyl (C=S) groups is 2. The lowest BCUT2D eigenvalue weighted by atomic mass is 10.2. The average molecular weight is 383 g/mol. The van der Waals surface area contributed by atoms with E-state index >= 15 is 0 Å². The van der Waals surface area contributed by atoms with E-state index in [1.54, 1.807) is 45.8 Å². The highest BCUT2D eigenvalue weighted by molar-refractivity contribution is 7.80. The summed E-state index contributed by atoms with van der Waals surface area (Å²) in [5.41, 5.74) is 8.79. The molecule has 0 bridgehead atoms. The van der Waals surface area contributed by atoms with Gasteiger partial charge in [-0.1, -0.05) is 6.08 Å². The number of hydrazone groups is 1. The Kier molecular flexibility index (Phi) is 9.04. The first-order valence-corrected chi connectivity index (χ1v) is 7.91. The lowest BCUT2D eigenvalue weighted by Gasteiger charge is -2.13. The van der Waals surface area contributed by atoms with Crippen molar-refractivity contribution >= 4 is 40.9 Å². The van der Waals surface area contributed by atoms with E-state index in [1.165, 1.54) is 0 Å². The highest BCUT2D eigenvalue weighted by Crippen LogP contribution is 2.37. The van der Waals surface area contributed by atoms with Gasteiger partial charge in [0.1, 0.15) is 0 Å². The molecule has 0 radical (unpaired) electrons. The normalized spacial score (nSPS) is 9.88. The first-order valence-electron chi connectivity index (χ1n) is 7.09. The maximum atomic E-state index is 5.28. The number of benzene rings is 1. The molecular formula is C15H21N5O3S2. The Hall–Kier alpha value is -2.59. The van der Waals surface area contributed by atoms with E-state index in [9.17, 15) is 0 Å². The summed E-state index contributed by atoms with van der Waals surface area (Å²) in [5, 5.41) is 7.55. The summed E-state index contributed by atoms with van der Waals surface area (Å²) in [6.45, 7) is 4.13. The second-order valence-electron chi connectivity index (χ2n) is 4.41. The summed E-state index contributed by atoms with van der Waals surface area (Å²) in [4.78, 5) is 0. The Morgan fingerprint density at radius 2 is 1.68 bits per heavy atom. The summed E-state index contributed by atoms with van der Waals surface area (Å²) in [7, 11) is 4.64. The quantitative estimate of drug-likeness (QED) is 0.239. The highest BCUT2D eigenvalue weighted by Gasteiger charge is 2.12. The highest BCUT2D eigenvalue weighted by atomic mass is 32.1. The maximum Gasteiger partial charge on any atom is 0.205 e. The maximum absolute atomic E-state index is 5.28. The number of hydrazine groups is 1. The summed E-state index contributed by atoms with van der Waals surface area (Å²) >= 11 is 10.1. The molecule has 25 heavy (non-hydrogen) atoms. The van der Waals surface area contributed by atoms with Crippen LogP contribution in [0.15, 0.2) is 29.9 Å². The predicted octanol–water partition coefficient (Wildman–Crippen LogP) is 1.08. The van der Waals surface area contributed by atoms with Crippen LogP contribution in [-0.4, -0.2) is 44.3 Å². The Labute approximate surface area is 157 Å². The zero-order valence-electron chi connectivity index (χ0n) is 14.2. The third-order valence-corrected chi connectivity index (χ3v) is 3.20. The third-order valence-electron chi connectivity index (χ3n) is 2.76. The predicted molar refractivity (Wildman–Crippen MR) is 106 cm³/mol. The van der Waals surface area contributed by atoms with Crippen molar-refractivity contribution in [1.82, 2.24) is 21.6 Å². The van der Waals surface area contributed by atoms with Gasteiger partial charge >= 0.3 is 0 Å². The number of rotatable bonds is 7. The van der Waals surface area contributed by atoms with Crippen molar-refractivity contribution in [2.75, 3.05) is 27.9 Å². The van der Waals surface area contributed by atoms with Crippen molar-refractivity contribution in [3.63, 3.8) is 0 Å². The van der Waals surface area contributed by atoms with Gasteiger partial charge in [0.15, 0.2) is 16.6 Å². The van der Waals surface area contributed by atoms with Gasteiger partial charge in [0, 0.05) is 12.1 Å². The molecule has 1 rings (SSSR count). The van der Waals surface area contributed by atoms with Crippen LogP contribution in [-0.2, 0) is 0 Å². The topological polar surface area (TPSA) is 88.2 Å². The van der Waals surface area contributed by atoms with Gasteiger partial charge in [-0.05, 0) is 36.6 Å². The number of hydrogen-bond donors (Lipinski definition) is 4. The molecule has 1 aromatic rings. The number of hydrogen-bond acceptors (Lipinski definition) is 6. The van der Waals surface area contributed by atoms with Gasteiger partial charge in [-0.2, -0.15) is 5.10 Å². The Morgan fingerprint density at radius 1 is 1.08 bits per heavy atom. The van der Waals surface area contributed by atoms with E-state index in [0.717, 1.165) is 5.56 Å². The summed E-state index contributed by atoms with van der Waals surface area (Å²) in [6.07, 6.45) is 3.25. The molecule has 0 aromatic heterocycles. The van der Waals surface area contributed by atoms with Crippen molar-refractivity contribution in [1.29, 1.82) is 0 Å². The molecule has 0 spiro atoms. The van der Waals surface area contributed by atoms with Crippen LogP contribution in [0, 0.1) is 0 Å². The van der Waals surface area contributed by atoms with E-state index in [1.807, 2.05) is 0 Å². The number of nitrogens with one attached hydrogen (secondary N) is 4. The van der Waals surface area contributed by atoms with Gasteiger partial charge in [-0.25, -0.2) is 0 Å². The van der Waals surface area contributed by atoms with Crippen LogP contribution in [0.1, 0.15) is 5.56 Å². The smallest absolute Gasteiger partial charge is 0.205 e. The van der Waals surface area contributed by atoms with Crippen LogP contribution in [0.25, 0.3) is 0 Å². The molecule has 0 fully saturated rings. The van der Waals surface area contributed by atoms with Crippen molar-refractivity contribution in [3.8, 4) is 17.2 Å². The number of ether oxygens (including phenoxy) is 3. The van der Waals surface area contributed by atoms with Crippen molar-refractivity contribution in [2.45, 2.75) is 0 Å². The second-order valence-corrected chi connectivity index (χ2v) is 5.22. The molecule has 1 aromatic carbocycles. The molecule has 0 atom stereocenters. The summed E-state index contributed by atoms with van der Waals surface area (Å²) < 4.78 is 15.8. The van der Waals surface area contributed by atoms with Crippen LogP contribution in [0.3, 0.4) is 0 Å². The Bertz CT molecular complexity index is 627. The summed E-state index contributed by atoms with van der Waals surface area (Å²) in [6, 6.07) is 3.52. The molecule has 0 aliphatic heterocycles. The van der Waals surface area contributed by atoms with Crippen LogP contribution >= 0.6 is 24.4 Å². The molecule has 136 valence electrons. The van der Waals surface area contributed by atoms with Crippen molar-refractivity contribution < 1.29 is 14.2 Å². The fraction of sp³-hybridized carbons (Fsp3) is 0.267. The lowest BCUT2D eigenvalue weighted by molar-refractivity contribution is 0.324. The fourth-order valence-electron chi connectivity index (χ4n) is 1.69. The van der Waals surface area contributed by atoms with E-state index in [0.29, 0.717) is 28.9 Å². The van der Waals surface area contributed by atoms with Gasteiger partial charge in [0.05, 0.1) is 27.5 Å². The van der Waals surface area contributed by atoms with E-state index in [2.05, 4.69) is 33.3 Å². The van der Waals surface area contributed by atoms with Crippen LogP contribution in [0.5, 0.6) is 17.2 Å². The van der Waals surface area contributed by atoms with Gasteiger partial charge < -0.3 is 19.5 Å². The van der Waals surface area contributed by atoms with E-state index in [4.69, 9.17) is 38.6 Å². The van der Waals surface area contributed by atoms with Crippen LogP contribution in [0.4, 0.5) is 0 Å². The first kappa shape index (κ1) is 20.5. The lowest BCUT2D eigenvalue weighted by Crippen LogP contribution is -2.49. The number of nitrogens with zero attached hydrogens (tertiary/aromatic N) is 1. The zero-order chi connectivity index (χ0) is 18.7. The molecule has 0 aliphatic carbocycles. The average Bonchev–Trinajstić information content (AvgIpc) is 2.63. The molecule has 0 aliphatic rings. The molecule has 0 unspecified atom stereocenters. The van der Waals surface area contributed by atoms with Gasteiger partial charge in [-0.15, -0.1) is 6.58 Å². The molecular weight excluding hydrogens is 362 g/mol. The SMILES string of the molecule is C=CCNC(=S)NNC(=S)N/N=C/c1cc(OC)c(OC)c(OC)c1. The minimum atomic E-state index is 0.242. The molecule has 0 saturated carbocycles. The standard InChI is InChI=1S/C15H21N5O3S2/c1-5-6-16-14(24)19-20-15(25)18-17-9-10-7-11(21-2)13(23-4)12(8-10)22-3/h5,7-9H,1,6H2,2-4H3,(H2,16,19,24)(H2,18,20,25)/b17-9+. The third kappa shape index (κ3) is 6.81. The molecule has 0 heterocycles. The Balaban J connectivity index is 2.62. The van der Waals surface area contributed by atoms with Gasteiger partial charge in [0.2, 0.25) is 10.9 Å². The van der Waals surface area contributed by atoms with Gasteiger partial charge in [0.25, 0.3) is 0 Å².